The number of aromatic nitrogens is 2. The van der Waals surface area contributed by atoms with Crippen LogP contribution in [0.2, 0.25) is 0 Å². The van der Waals surface area contributed by atoms with Gasteiger partial charge in [0.1, 0.15) is 11.6 Å². The predicted molar refractivity (Wildman–Crippen MR) is 134 cm³/mol. The van der Waals surface area contributed by atoms with Gasteiger partial charge in [0.15, 0.2) is 0 Å². The van der Waals surface area contributed by atoms with Crippen LogP contribution in [0.5, 0.6) is 5.88 Å². The van der Waals surface area contributed by atoms with Crippen LogP contribution in [0.25, 0.3) is 27.8 Å². The number of aliphatic hydroxyl groups excluding tert-OH is 1. The topological polar surface area (TPSA) is 47.3 Å². The van der Waals surface area contributed by atoms with Crippen molar-refractivity contribution in [2.45, 2.75) is 40.7 Å². The van der Waals surface area contributed by atoms with Gasteiger partial charge in [0.2, 0.25) is 5.88 Å². The molecule has 0 atom stereocenters. The lowest BCUT2D eigenvalue weighted by Crippen LogP contribution is -2.06. The van der Waals surface area contributed by atoms with Crippen molar-refractivity contribution in [3.63, 3.8) is 0 Å². The highest BCUT2D eigenvalue weighted by Crippen LogP contribution is 2.42. The van der Waals surface area contributed by atoms with E-state index in [-0.39, 0.29) is 18.1 Å². The zero-order chi connectivity index (χ0) is 24.1. The third-order valence-corrected chi connectivity index (χ3v) is 5.56. The van der Waals surface area contributed by atoms with Crippen LogP contribution in [-0.2, 0) is 13.0 Å². The average Bonchev–Trinajstić information content (AvgIpc) is 3.15. The van der Waals surface area contributed by atoms with E-state index < -0.39 is 0 Å². The standard InChI is InChI=1S/C26H25FN2O2.C2H6/c1-5-18-11-13-23-21(14-18)24(20-12-10-16(2)28-26(20)31-4)25(17(3)30)29(23)15-19-8-6-7-9-22(19)27;1-2/h6-14,30H,3,5,15H2,1-2,4H3;1-2H3. The van der Waals surface area contributed by atoms with Crippen LogP contribution in [0, 0.1) is 12.7 Å². The molecule has 0 radical (unpaired) electrons. The van der Waals surface area contributed by atoms with Crippen molar-refractivity contribution in [3.8, 4) is 17.0 Å². The minimum Gasteiger partial charge on any atom is -0.506 e. The molecule has 0 saturated heterocycles. The van der Waals surface area contributed by atoms with Gasteiger partial charge in [-0.1, -0.05) is 51.6 Å². The Labute approximate surface area is 195 Å². The van der Waals surface area contributed by atoms with Crippen LogP contribution in [0.15, 0.2) is 61.2 Å². The van der Waals surface area contributed by atoms with Gasteiger partial charge < -0.3 is 14.4 Å². The number of hydrogen-bond acceptors (Lipinski definition) is 3. The number of pyridine rings is 1. The van der Waals surface area contributed by atoms with Crippen molar-refractivity contribution in [2.24, 2.45) is 0 Å². The molecule has 2 aromatic heterocycles. The molecule has 172 valence electrons. The first-order valence-electron chi connectivity index (χ1n) is 11.2. The molecule has 2 aromatic carbocycles. The molecule has 4 rings (SSSR count). The number of aliphatic hydroxyl groups is 1. The van der Waals surface area contributed by atoms with E-state index in [4.69, 9.17) is 4.74 Å². The Kier molecular flexibility index (Phi) is 7.54. The maximum absolute atomic E-state index is 14.5. The molecule has 0 aliphatic heterocycles. The second-order valence-electron chi connectivity index (χ2n) is 7.56. The highest BCUT2D eigenvalue weighted by Gasteiger charge is 2.24. The molecule has 4 nitrogen and oxygen atoms in total. The van der Waals surface area contributed by atoms with Crippen molar-refractivity contribution in [2.75, 3.05) is 7.11 Å². The molecule has 1 N–H and O–H groups in total. The molecule has 0 aliphatic carbocycles. The zero-order valence-corrected chi connectivity index (χ0v) is 19.9. The van der Waals surface area contributed by atoms with Gasteiger partial charge in [-0.15, -0.1) is 0 Å². The molecule has 2 heterocycles. The largest absolute Gasteiger partial charge is 0.506 e. The van der Waals surface area contributed by atoms with Crippen molar-refractivity contribution < 1.29 is 14.2 Å². The highest BCUT2D eigenvalue weighted by atomic mass is 19.1. The summed E-state index contributed by atoms with van der Waals surface area (Å²) < 4.78 is 22.0. The zero-order valence-electron chi connectivity index (χ0n) is 19.9. The Bertz CT molecular complexity index is 1290. The van der Waals surface area contributed by atoms with E-state index in [1.165, 1.54) is 6.07 Å². The van der Waals surface area contributed by atoms with Gasteiger partial charge >= 0.3 is 0 Å². The molecular weight excluding hydrogens is 415 g/mol. The second kappa shape index (κ2) is 10.3. The van der Waals surface area contributed by atoms with E-state index in [9.17, 15) is 9.50 Å². The van der Waals surface area contributed by atoms with Crippen LogP contribution in [-0.4, -0.2) is 21.8 Å². The fraction of sp³-hybridized carbons (Fsp3) is 0.250. The maximum atomic E-state index is 14.5. The van der Waals surface area contributed by atoms with Crippen LogP contribution in [0.1, 0.15) is 43.3 Å². The van der Waals surface area contributed by atoms with Gasteiger partial charge in [-0.3, -0.25) is 0 Å². The van der Waals surface area contributed by atoms with Crippen LogP contribution in [0.4, 0.5) is 4.39 Å². The molecule has 0 fully saturated rings. The summed E-state index contributed by atoms with van der Waals surface area (Å²) in [6, 6.07) is 16.7. The van der Waals surface area contributed by atoms with E-state index in [1.807, 2.05) is 43.5 Å². The summed E-state index contributed by atoms with van der Waals surface area (Å²) >= 11 is 0. The van der Waals surface area contributed by atoms with E-state index in [1.54, 1.807) is 25.3 Å². The molecule has 0 unspecified atom stereocenters. The number of nitrogens with zero attached hydrogens (tertiary/aromatic N) is 2. The van der Waals surface area contributed by atoms with E-state index in [0.29, 0.717) is 17.1 Å². The molecule has 0 aliphatic rings. The van der Waals surface area contributed by atoms with Crippen LogP contribution in [0.3, 0.4) is 0 Å². The summed E-state index contributed by atoms with van der Waals surface area (Å²) in [6.45, 7) is 12.1. The lowest BCUT2D eigenvalue weighted by atomic mass is 10.00. The smallest absolute Gasteiger partial charge is 0.221 e. The fourth-order valence-corrected chi connectivity index (χ4v) is 4.03. The highest BCUT2D eigenvalue weighted by molar-refractivity contribution is 6.03. The quantitative estimate of drug-likeness (QED) is 0.316. The monoisotopic (exact) mass is 446 g/mol. The Hall–Kier alpha value is -3.60. The Balaban J connectivity index is 0.00000149. The maximum Gasteiger partial charge on any atom is 0.221 e. The number of hydrogen-bond donors (Lipinski definition) is 1. The first-order valence-corrected chi connectivity index (χ1v) is 11.2. The Morgan fingerprint density at radius 2 is 1.85 bits per heavy atom. The summed E-state index contributed by atoms with van der Waals surface area (Å²) in [5.41, 5.74) is 5.45. The molecule has 0 spiro atoms. The van der Waals surface area contributed by atoms with Crippen molar-refractivity contribution >= 4 is 16.7 Å². The Morgan fingerprint density at radius 1 is 1.12 bits per heavy atom. The van der Waals surface area contributed by atoms with Crippen molar-refractivity contribution in [1.82, 2.24) is 9.55 Å². The molecule has 4 aromatic rings. The molecule has 0 bridgehead atoms. The molecule has 33 heavy (non-hydrogen) atoms. The molecule has 0 saturated carbocycles. The van der Waals surface area contributed by atoms with Gasteiger partial charge in [0.25, 0.3) is 0 Å². The number of fused-ring (bicyclic) bond motifs is 1. The van der Waals surface area contributed by atoms with Crippen molar-refractivity contribution in [1.29, 1.82) is 0 Å². The summed E-state index contributed by atoms with van der Waals surface area (Å²) in [6.07, 6.45) is 0.868. The van der Waals surface area contributed by atoms with E-state index in [0.717, 1.165) is 39.7 Å². The van der Waals surface area contributed by atoms with Gasteiger partial charge in [0, 0.05) is 33.3 Å². The first kappa shape index (κ1) is 24.1. The molecule has 0 amide bonds. The summed E-state index contributed by atoms with van der Waals surface area (Å²) in [5, 5.41) is 11.6. The van der Waals surface area contributed by atoms with Gasteiger partial charge in [0.05, 0.1) is 19.3 Å². The fourth-order valence-electron chi connectivity index (χ4n) is 4.03. The number of benzene rings is 2. The lowest BCUT2D eigenvalue weighted by molar-refractivity contribution is 0.398. The predicted octanol–water partition coefficient (Wildman–Crippen LogP) is 7.33. The van der Waals surface area contributed by atoms with Crippen LogP contribution >= 0.6 is 0 Å². The average molecular weight is 447 g/mol. The minimum absolute atomic E-state index is 0.0942. The number of aryl methyl sites for hydroxylation is 2. The molecule has 5 heteroatoms. The Morgan fingerprint density at radius 3 is 2.48 bits per heavy atom. The normalized spacial score (nSPS) is 10.6. The molecular formula is C28H31FN2O2. The number of halogens is 1. The minimum atomic E-state index is -0.292. The SMILES string of the molecule is C=C(O)c1c(-c2ccc(C)nc2OC)c2cc(CC)ccc2n1Cc1ccccc1F.CC. The summed E-state index contributed by atoms with van der Waals surface area (Å²) in [4.78, 5) is 4.52. The third-order valence-electron chi connectivity index (χ3n) is 5.56. The number of rotatable bonds is 6. The summed E-state index contributed by atoms with van der Waals surface area (Å²) in [5.74, 6) is 0.0812. The van der Waals surface area contributed by atoms with E-state index >= 15 is 0 Å². The first-order chi connectivity index (χ1) is 15.9. The lowest BCUT2D eigenvalue weighted by Gasteiger charge is -2.13. The van der Waals surface area contributed by atoms with Gasteiger partial charge in [-0.05, 0) is 49.2 Å². The van der Waals surface area contributed by atoms with Crippen LogP contribution < -0.4 is 4.74 Å². The number of methoxy groups -OCH3 is 1. The number of ether oxygens (including phenoxy) is 1. The van der Waals surface area contributed by atoms with Gasteiger partial charge in [-0.25, -0.2) is 9.37 Å². The van der Waals surface area contributed by atoms with E-state index in [2.05, 4.69) is 30.6 Å². The summed E-state index contributed by atoms with van der Waals surface area (Å²) in [7, 11) is 1.58. The van der Waals surface area contributed by atoms with Gasteiger partial charge in [-0.2, -0.15) is 0 Å². The van der Waals surface area contributed by atoms with Crippen molar-refractivity contribution in [3.05, 3.63) is 89.5 Å². The second-order valence-corrected chi connectivity index (χ2v) is 7.56. The third kappa shape index (κ3) is 4.63.